The maximum Gasteiger partial charge on any atom is 0.293 e. The summed E-state index contributed by atoms with van der Waals surface area (Å²) in [4.78, 5) is 25.2. The van der Waals surface area contributed by atoms with Crippen molar-refractivity contribution in [3.8, 4) is 0 Å². The molecular weight excluding hydrogens is 342 g/mol. The highest BCUT2D eigenvalue weighted by Gasteiger charge is 2.30. The average Bonchev–Trinajstić information content (AvgIpc) is 3.41. The van der Waals surface area contributed by atoms with Crippen molar-refractivity contribution >= 4 is 16.8 Å². The molecule has 1 atom stereocenters. The summed E-state index contributed by atoms with van der Waals surface area (Å²) in [5, 5.41) is 12.4. The van der Waals surface area contributed by atoms with Gasteiger partial charge in [-0.1, -0.05) is 29.8 Å². The molecule has 1 aliphatic rings. The third-order valence-electron chi connectivity index (χ3n) is 5.09. The van der Waals surface area contributed by atoms with E-state index in [0.29, 0.717) is 11.4 Å². The molecule has 1 fully saturated rings. The Morgan fingerprint density at radius 3 is 2.67 bits per heavy atom. The van der Waals surface area contributed by atoms with Crippen LogP contribution in [0.4, 0.5) is 0 Å². The molecule has 1 unspecified atom stereocenters. The highest BCUT2D eigenvalue weighted by molar-refractivity contribution is 5.81. The Kier molecular flexibility index (Phi) is 4.30. The van der Waals surface area contributed by atoms with Gasteiger partial charge < -0.3 is 5.32 Å². The molecule has 0 saturated heterocycles. The van der Waals surface area contributed by atoms with Crippen molar-refractivity contribution in [1.82, 2.24) is 24.9 Å². The fourth-order valence-corrected chi connectivity index (χ4v) is 3.38. The molecule has 0 spiro atoms. The molecule has 4 rings (SSSR count). The van der Waals surface area contributed by atoms with E-state index in [4.69, 9.17) is 0 Å². The van der Waals surface area contributed by atoms with Gasteiger partial charge in [0.05, 0.1) is 17.9 Å². The Morgan fingerprint density at radius 1 is 1.30 bits per heavy atom. The smallest absolute Gasteiger partial charge is 0.293 e. The topological polar surface area (TPSA) is 81.8 Å². The Morgan fingerprint density at radius 2 is 2.00 bits per heavy atom. The summed E-state index contributed by atoms with van der Waals surface area (Å²) >= 11 is 0. The lowest BCUT2D eigenvalue weighted by Crippen LogP contribution is -2.35. The SMILES string of the molecule is Cc1ccc(C(C)NC(=O)Cn2ncc3c(C4CC4)nn(C)c3c2=O)cc1. The molecule has 3 aromatic rings. The van der Waals surface area contributed by atoms with E-state index in [9.17, 15) is 9.59 Å². The summed E-state index contributed by atoms with van der Waals surface area (Å²) in [6.45, 7) is 3.83. The van der Waals surface area contributed by atoms with Gasteiger partial charge in [0.2, 0.25) is 5.91 Å². The van der Waals surface area contributed by atoms with Crippen LogP contribution in [0.1, 0.15) is 48.5 Å². The molecule has 1 N–H and O–H groups in total. The number of benzene rings is 1. The van der Waals surface area contributed by atoms with Crippen molar-refractivity contribution in [2.24, 2.45) is 7.05 Å². The Bertz CT molecular complexity index is 1060. The molecule has 0 radical (unpaired) electrons. The summed E-state index contributed by atoms with van der Waals surface area (Å²) in [5.41, 5.74) is 3.36. The van der Waals surface area contributed by atoms with E-state index in [1.807, 2.05) is 38.1 Å². The molecule has 7 nitrogen and oxygen atoms in total. The van der Waals surface area contributed by atoms with Crippen LogP contribution in [-0.4, -0.2) is 25.5 Å². The fraction of sp³-hybridized carbons (Fsp3) is 0.400. The quantitative estimate of drug-likeness (QED) is 0.751. The van der Waals surface area contributed by atoms with Gasteiger partial charge in [-0.25, -0.2) is 4.68 Å². The number of carbonyl (C=O) groups excluding carboxylic acids is 1. The third kappa shape index (κ3) is 3.37. The molecule has 2 aromatic heterocycles. The number of hydrogen-bond donors (Lipinski definition) is 1. The zero-order chi connectivity index (χ0) is 19.1. The number of hydrogen-bond acceptors (Lipinski definition) is 4. The Hall–Kier alpha value is -2.96. The molecule has 1 amide bonds. The molecule has 1 aromatic carbocycles. The molecule has 1 aliphatic carbocycles. The van der Waals surface area contributed by atoms with Gasteiger partial charge in [-0.3, -0.25) is 14.3 Å². The summed E-state index contributed by atoms with van der Waals surface area (Å²) in [6.07, 6.45) is 3.87. The highest BCUT2D eigenvalue weighted by Crippen LogP contribution is 2.41. The predicted molar refractivity (Wildman–Crippen MR) is 102 cm³/mol. The van der Waals surface area contributed by atoms with Gasteiger partial charge in [-0.2, -0.15) is 10.2 Å². The van der Waals surface area contributed by atoms with E-state index >= 15 is 0 Å². The van der Waals surface area contributed by atoms with E-state index < -0.39 is 0 Å². The number of nitrogens with zero attached hydrogens (tertiary/aromatic N) is 4. The first-order valence-electron chi connectivity index (χ1n) is 9.22. The molecule has 0 bridgehead atoms. The number of nitrogens with one attached hydrogen (secondary N) is 1. The van der Waals surface area contributed by atoms with E-state index in [2.05, 4.69) is 15.5 Å². The van der Waals surface area contributed by atoms with Crippen molar-refractivity contribution in [2.45, 2.75) is 45.2 Å². The van der Waals surface area contributed by atoms with Crippen molar-refractivity contribution in [2.75, 3.05) is 0 Å². The lowest BCUT2D eigenvalue weighted by Gasteiger charge is -2.15. The van der Waals surface area contributed by atoms with Gasteiger partial charge in [0.15, 0.2) is 0 Å². The first-order chi connectivity index (χ1) is 12.9. The molecule has 7 heteroatoms. The summed E-state index contributed by atoms with van der Waals surface area (Å²) in [5.74, 6) is 0.186. The number of aromatic nitrogens is 4. The zero-order valence-electron chi connectivity index (χ0n) is 15.8. The first kappa shape index (κ1) is 17.5. The largest absolute Gasteiger partial charge is 0.348 e. The van der Waals surface area contributed by atoms with E-state index in [0.717, 1.165) is 29.5 Å². The van der Waals surface area contributed by atoms with Crippen molar-refractivity contribution in [1.29, 1.82) is 0 Å². The Balaban J connectivity index is 1.53. The van der Waals surface area contributed by atoms with Gasteiger partial charge in [0.1, 0.15) is 12.1 Å². The van der Waals surface area contributed by atoms with E-state index in [-0.39, 0.29) is 24.1 Å². The lowest BCUT2D eigenvalue weighted by atomic mass is 10.1. The van der Waals surface area contributed by atoms with Gasteiger partial charge in [-0.15, -0.1) is 0 Å². The van der Waals surface area contributed by atoms with Crippen molar-refractivity contribution in [3.63, 3.8) is 0 Å². The van der Waals surface area contributed by atoms with Crippen LogP contribution in [0.2, 0.25) is 0 Å². The van der Waals surface area contributed by atoms with Crippen LogP contribution in [0.3, 0.4) is 0 Å². The molecule has 1 saturated carbocycles. The second kappa shape index (κ2) is 6.64. The maximum absolute atomic E-state index is 12.8. The average molecular weight is 365 g/mol. The van der Waals surface area contributed by atoms with Crippen LogP contribution in [0.15, 0.2) is 35.3 Å². The molecule has 0 aliphatic heterocycles. The predicted octanol–water partition coefficient (Wildman–Crippen LogP) is 2.19. The van der Waals surface area contributed by atoms with Crippen LogP contribution < -0.4 is 10.9 Å². The van der Waals surface area contributed by atoms with Crippen LogP contribution in [-0.2, 0) is 18.4 Å². The number of amides is 1. The van der Waals surface area contributed by atoms with Crippen LogP contribution in [0.25, 0.3) is 10.9 Å². The second-order valence-electron chi connectivity index (χ2n) is 7.35. The molecule has 27 heavy (non-hydrogen) atoms. The Labute approximate surface area is 157 Å². The van der Waals surface area contributed by atoms with Crippen molar-refractivity contribution in [3.05, 3.63) is 57.6 Å². The minimum absolute atomic E-state index is 0.116. The minimum atomic E-state index is -0.285. The van der Waals surface area contributed by atoms with E-state index in [1.165, 1.54) is 10.2 Å². The lowest BCUT2D eigenvalue weighted by molar-refractivity contribution is -0.122. The molecular formula is C20H23N5O2. The van der Waals surface area contributed by atoms with Crippen LogP contribution >= 0.6 is 0 Å². The van der Waals surface area contributed by atoms with Crippen LogP contribution in [0.5, 0.6) is 0 Å². The molecule has 2 heterocycles. The number of fused-ring (bicyclic) bond motifs is 1. The monoisotopic (exact) mass is 365 g/mol. The zero-order valence-corrected chi connectivity index (χ0v) is 15.8. The van der Waals surface area contributed by atoms with Gasteiger partial charge in [-0.05, 0) is 32.3 Å². The normalized spacial score (nSPS) is 15.1. The summed E-state index contributed by atoms with van der Waals surface area (Å²) < 4.78 is 2.81. The number of rotatable bonds is 5. The number of aryl methyl sites for hydroxylation is 2. The standard InChI is InChI=1S/C20H23N5O2/c1-12-4-6-14(7-5-12)13(2)22-17(26)11-25-20(27)19-16(10-21-25)18(15-8-9-15)23-24(19)3/h4-7,10,13,15H,8-9,11H2,1-3H3,(H,22,26). The van der Waals surface area contributed by atoms with Gasteiger partial charge in [0.25, 0.3) is 5.56 Å². The van der Waals surface area contributed by atoms with Gasteiger partial charge in [0, 0.05) is 18.4 Å². The fourth-order valence-electron chi connectivity index (χ4n) is 3.38. The highest BCUT2D eigenvalue weighted by atomic mass is 16.2. The van der Waals surface area contributed by atoms with Crippen LogP contribution in [0, 0.1) is 6.92 Å². The molecule has 140 valence electrons. The first-order valence-corrected chi connectivity index (χ1v) is 9.22. The second-order valence-corrected chi connectivity index (χ2v) is 7.35. The number of carbonyl (C=O) groups is 1. The third-order valence-corrected chi connectivity index (χ3v) is 5.09. The van der Waals surface area contributed by atoms with Crippen molar-refractivity contribution < 1.29 is 4.79 Å². The summed E-state index contributed by atoms with van der Waals surface area (Å²) in [7, 11) is 1.76. The summed E-state index contributed by atoms with van der Waals surface area (Å²) in [6, 6.07) is 7.86. The van der Waals surface area contributed by atoms with E-state index in [1.54, 1.807) is 17.9 Å². The maximum atomic E-state index is 12.8. The van der Waals surface area contributed by atoms with Gasteiger partial charge >= 0.3 is 0 Å². The minimum Gasteiger partial charge on any atom is -0.348 e.